The van der Waals surface area contributed by atoms with Crippen LogP contribution in [0.4, 0.5) is 0 Å². The Bertz CT molecular complexity index is 3290. The molecule has 1 aromatic rings. The van der Waals surface area contributed by atoms with Crippen LogP contribution >= 0.6 is 21.6 Å². The molecule has 4 aliphatic heterocycles. The molecule has 15 bridgehead atoms. The molecule has 24 unspecified atom stereocenters. The standard InChI is InChI=1S/C70H87N5O8S2/c1-39(76)82-54-32-47(77)15-23-66-22-13-41-28-40-7-9-49(37-72-38-65(34-40)36-48(17-27-73-65)83-55-31-44(30-50(41)54)51(61(80)81)33-53(55)78)84-85-60-43-12-20-63-19-11-42-29-46-14-24-67-18-3-4-45(67)8-10-56-68(46,67)52-16-21-64(35-43,26-25-63)70(63,59(42)52)69(56,60)75-62(71)74-57(66)5-2-6-58(66)79/h2,5,8,10,16,21,29,31,33,40-41,43,45-50,52,54,56-61,72-73,77-81H,3-4,6,11-12,14-15,17-20,23-28,30,32,34-38H2,1H3,(H3,71,74,75). The third kappa shape index (κ3) is 7.28. The first-order valence-corrected chi connectivity index (χ1v) is 35.5. The molecular formula is C70H87N5O8S2. The van der Waals surface area contributed by atoms with Gasteiger partial charge in [-0.25, -0.2) is 4.99 Å². The summed E-state index contributed by atoms with van der Waals surface area (Å²) in [7, 11) is 4.16. The Morgan fingerprint density at radius 1 is 0.929 bits per heavy atom. The van der Waals surface area contributed by atoms with Crippen molar-refractivity contribution in [3.05, 3.63) is 71.4 Å². The maximum atomic E-state index is 13.4. The number of nitrogens with one attached hydrogen (secondary N) is 3. The van der Waals surface area contributed by atoms with Gasteiger partial charge in [-0.05, 0) is 191 Å². The highest BCUT2D eigenvalue weighted by Crippen LogP contribution is 2.94. The number of phenols is 1. The number of hydrogen-bond acceptors (Lipinski definition) is 15. The minimum absolute atomic E-state index is 0.00547. The molecule has 0 amide bonds. The number of guanidine groups is 1. The van der Waals surface area contributed by atoms with E-state index in [-0.39, 0.29) is 91.8 Å². The highest BCUT2D eigenvalue weighted by Gasteiger charge is 2.92. The molecular weight excluding hydrogens is 1100 g/mol. The molecule has 13 nitrogen and oxygen atoms in total. The first-order chi connectivity index (χ1) is 41.1. The predicted octanol–water partition coefficient (Wildman–Crippen LogP) is 8.45. The number of aliphatic hydroxyl groups excluding tert-OH is 3. The van der Waals surface area contributed by atoms with Crippen molar-refractivity contribution in [2.45, 2.75) is 200 Å². The lowest BCUT2D eigenvalue weighted by atomic mass is 9.21. The van der Waals surface area contributed by atoms with Crippen LogP contribution in [0.25, 0.3) is 0 Å². The van der Waals surface area contributed by atoms with Crippen molar-refractivity contribution in [3.63, 3.8) is 0 Å². The molecule has 17 aliphatic rings. The van der Waals surface area contributed by atoms with E-state index < -0.39 is 64.9 Å². The predicted molar refractivity (Wildman–Crippen MR) is 328 cm³/mol. The van der Waals surface area contributed by atoms with Crippen LogP contribution in [0.5, 0.6) is 11.5 Å². The second-order valence-electron chi connectivity index (χ2n) is 30.4. The number of nitrogens with zero attached hydrogens (tertiary/aromatic N) is 1. The molecule has 1 aromatic carbocycles. The van der Waals surface area contributed by atoms with Crippen molar-refractivity contribution in [2.75, 3.05) is 19.6 Å². The number of carbonyl (C=O) groups excluding carboxylic acids is 1. The summed E-state index contributed by atoms with van der Waals surface area (Å²) in [4.78, 5) is 19.3. The Morgan fingerprint density at radius 2 is 1.84 bits per heavy atom. The van der Waals surface area contributed by atoms with Gasteiger partial charge < -0.3 is 56.7 Å². The van der Waals surface area contributed by atoms with E-state index >= 15 is 0 Å². The summed E-state index contributed by atoms with van der Waals surface area (Å²) in [6.45, 7) is 3.44. The van der Waals surface area contributed by atoms with Crippen LogP contribution in [0, 0.1) is 109 Å². The first-order valence-electron chi connectivity index (χ1n) is 33.2. The normalized spacial score (nSPS) is 51.3. The van der Waals surface area contributed by atoms with Crippen LogP contribution in [0.2, 0.25) is 0 Å². The van der Waals surface area contributed by atoms with Gasteiger partial charge in [0.25, 0.3) is 0 Å². The Hall–Kier alpha value is -3.90. The number of aromatic hydroxyl groups is 1. The SMILES string of the molecule is CC(=O)OC1CC(O)CCC23C#CC4CC5C#CC(CNCC6(C5)CC(CCN6)Oc5cc(c(C(O)O)cc5O)CC41)SSC1C4CCC56CCC7=CC8CCC9%10CCCC9C=CC9C1(NC(N)=NC2C=CCC3O)C51C7C(C=CC1(CC6)C4)C89%10. The average Bonchev–Trinajstić information content (AvgIpc) is 1.54. The van der Waals surface area contributed by atoms with E-state index in [1.54, 1.807) is 11.6 Å². The number of phenolic OH excluding ortho intramolecular Hbond substituents is 1. The topological polar surface area (TPSA) is 211 Å². The van der Waals surface area contributed by atoms with E-state index in [9.17, 15) is 30.3 Å². The van der Waals surface area contributed by atoms with Crippen LogP contribution in [-0.4, -0.2) is 109 Å². The van der Waals surface area contributed by atoms with Gasteiger partial charge in [-0.2, -0.15) is 0 Å². The van der Waals surface area contributed by atoms with Gasteiger partial charge in [0.2, 0.25) is 0 Å². The molecule has 24 atom stereocenters. The Kier molecular flexibility index (Phi) is 12.5. The van der Waals surface area contributed by atoms with E-state index in [0.29, 0.717) is 99.3 Å². The minimum atomic E-state index is -1.94. The van der Waals surface area contributed by atoms with Crippen molar-refractivity contribution in [3.8, 4) is 35.2 Å². The highest BCUT2D eigenvalue weighted by molar-refractivity contribution is 8.77. The van der Waals surface area contributed by atoms with E-state index in [1.807, 2.05) is 10.8 Å². The lowest BCUT2D eigenvalue weighted by molar-refractivity contribution is -0.281. The smallest absolute Gasteiger partial charge is 0.302 e. The fourth-order valence-corrected chi connectivity index (χ4v) is 28.6. The maximum Gasteiger partial charge on any atom is 0.302 e. The number of rotatable bonds is 2. The number of aliphatic hydroxyl groups is 4. The number of esters is 1. The summed E-state index contributed by atoms with van der Waals surface area (Å²) >= 11 is 0. The van der Waals surface area contributed by atoms with Crippen molar-refractivity contribution >= 4 is 33.5 Å². The Morgan fingerprint density at radius 3 is 2.72 bits per heavy atom. The minimum Gasteiger partial charge on any atom is -0.504 e. The van der Waals surface area contributed by atoms with Gasteiger partial charge >= 0.3 is 5.97 Å². The molecule has 0 radical (unpaired) electrons. The van der Waals surface area contributed by atoms with Crippen molar-refractivity contribution < 1.29 is 39.8 Å². The van der Waals surface area contributed by atoms with Crippen LogP contribution in [0.3, 0.4) is 0 Å². The Balaban J connectivity index is 0.907. The van der Waals surface area contributed by atoms with E-state index in [1.165, 1.54) is 90.0 Å². The summed E-state index contributed by atoms with van der Waals surface area (Å²) in [6, 6.07) is 2.44. The van der Waals surface area contributed by atoms with Crippen LogP contribution in [-0.2, 0) is 16.0 Å². The molecule has 85 heavy (non-hydrogen) atoms. The molecule has 6 spiro atoms. The van der Waals surface area contributed by atoms with Gasteiger partial charge in [-0.3, -0.25) is 4.79 Å². The summed E-state index contributed by atoms with van der Waals surface area (Å²) in [6.07, 6.45) is 32.2. The van der Waals surface area contributed by atoms with E-state index in [0.717, 1.165) is 0 Å². The summed E-state index contributed by atoms with van der Waals surface area (Å²) in [5, 5.41) is 72.1. The molecule has 1 saturated heterocycles. The van der Waals surface area contributed by atoms with Gasteiger partial charge in [0.05, 0.1) is 34.5 Å². The van der Waals surface area contributed by atoms with E-state index in [2.05, 4.69) is 93.0 Å². The first kappa shape index (κ1) is 55.2. The number of fused-ring (bicyclic) bond motifs is 5. The number of aliphatic imine (C=N–C) groups is 1. The Labute approximate surface area is 509 Å². The third-order valence-corrected chi connectivity index (χ3v) is 30.7. The maximum absolute atomic E-state index is 13.4. The molecule has 0 aromatic heterocycles. The number of piperidine rings is 1. The molecule has 4 heterocycles. The van der Waals surface area contributed by atoms with Gasteiger partial charge in [-0.15, -0.1) is 0 Å². The van der Waals surface area contributed by atoms with Crippen molar-refractivity contribution in [1.29, 1.82) is 0 Å². The molecule has 13 aliphatic carbocycles. The summed E-state index contributed by atoms with van der Waals surface area (Å²) < 4.78 is 13.2. The number of nitrogens with two attached hydrogens (primary N) is 1. The van der Waals surface area contributed by atoms with Crippen LogP contribution < -0.4 is 26.4 Å². The lowest BCUT2D eigenvalue weighted by Gasteiger charge is -2.84. The van der Waals surface area contributed by atoms with Crippen LogP contribution in [0.1, 0.15) is 153 Å². The second-order valence-corrected chi connectivity index (χ2v) is 33.0. The van der Waals surface area contributed by atoms with Crippen molar-refractivity contribution in [1.82, 2.24) is 16.0 Å². The lowest BCUT2D eigenvalue weighted by Crippen LogP contribution is -2.89. The van der Waals surface area contributed by atoms with E-state index in [4.69, 9.17) is 20.2 Å². The van der Waals surface area contributed by atoms with Gasteiger partial charge in [0, 0.05) is 78.3 Å². The summed E-state index contributed by atoms with van der Waals surface area (Å²) in [5.74, 6) is 17.1. The van der Waals surface area contributed by atoms with Gasteiger partial charge in [0.1, 0.15) is 12.2 Å². The van der Waals surface area contributed by atoms with Crippen LogP contribution in [0.15, 0.2) is 65.2 Å². The quantitative estimate of drug-likeness (QED) is 0.0448. The molecule has 8 saturated carbocycles. The largest absolute Gasteiger partial charge is 0.504 e. The highest BCUT2D eigenvalue weighted by atomic mass is 33.1. The second kappa shape index (κ2) is 19.3. The zero-order valence-corrected chi connectivity index (χ0v) is 50.9. The van der Waals surface area contributed by atoms with Gasteiger partial charge in [-0.1, -0.05) is 99.8 Å². The fourth-order valence-electron chi connectivity index (χ4n) is 25.1. The fraction of sp³-hybridized carbons (Fsp3) is 0.714. The molecule has 9 fully saturated rings. The molecule has 452 valence electrons. The number of benzene rings is 1. The number of allylic oxidation sites excluding steroid dienone is 5. The summed E-state index contributed by atoms with van der Waals surface area (Å²) in [5.41, 5.74) is 8.59. The molecule has 15 heteroatoms. The number of carbonyl (C=O) groups is 1. The zero-order chi connectivity index (χ0) is 57.7. The van der Waals surface area contributed by atoms with Gasteiger partial charge in [0.15, 0.2) is 23.7 Å². The third-order valence-electron chi connectivity index (χ3n) is 27.4. The average molecular weight is 1190 g/mol. The molecule has 18 rings (SSSR count). The zero-order valence-electron chi connectivity index (χ0n) is 49.3. The monoisotopic (exact) mass is 1190 g/mol. The number of ether oxygens (including phenoxy) is 2. The van der Waals surface area contributed by atoms with Crippen molar-refractivity contribution in [2.24, 2.45) is 96.5 Å². The molecule has 10 N–H and O–H groups in total. The number of hydrogen-bond donors (Lipinski definition) is 9.